The van der Waals surface area contributed by atoms with Gasteiger partial charge in [0, 0.05) is 12.2 Å². The topological polar surface area (TPSA) is 67.2 Å². The molecule has 0 unspecified atom stereocenters. The van der Waals surface area contributed by atoms with Crippen LogP contribution < -0.4 is 5.32 Å². The first-order valence-corrected chi connectivity index (χ1v) is 8.84. The maximum absolute atomic E-state index is 11.7. The van der Waals surface area contributed by atoms with Crippen LogP contribution >= 0.6 is 34.9 Å². The van der Waals surface area contributed by atoms with Gasteiger partial charge in [-0.1, -0.05) is 48.7 Å². The van der Waals surface area contributed by atoms with Crippen LogP contribution in [0.3, 0.4) is 0 Å². The van der Waals surface area contributed by atoms with Gasteiger partial charge in [-0.05, 0) is 5.92 Å². The van der Waals surface area contributed by atoms with Gasteiger partial charge in [-0.25, -0.2) is 0 Å². The van der Waals surface area contributed by atoms with Crippen molar-refractivity contribution in [3.05, 3.63) is 5.01 Å². The molecule has 8 heteroatoms. The van der Waals surface area contributed by atoms with E-state index in [2.05, 4.69) is 34.4 Å². The van der Waals surface area contributed by atoms with Crippen molar-refractivity contribution in [3.63, 3.8) is 0 Å². The zero-order chi connectivity index (χ0) is 13.7. The zero-order valence-electron chi connectivity index (χ0n) is 10.9. The summed E-state index contributed by atoms with van der Waals surface area (Å²) < 4.78 is 1.01. The molecule has 0 aromatic carbocycles. The highest BCUT2D eigenvalue weighted by Gasteiger charge is 2.12. The van der Waals surface area contributed by atoms with E-state index in [1.807, 2.05) is 0 Å². The fourth-order valence-corrected chi connectivity index (χ4v) is 4.20. The van der Waals surface area contributed by atoms with Crippen molar-refractivity contribution in [2.75, 3.05) is 23.4 Å². The first-order valence-electron chi connectivity index (χ1n) is 6.06. The number of carbonyl (C=O) groups is 1. The minimum Gasteiger partial charge on any atom is -0.300 e. The number of aromatic nitrogens is 2. The van der Waals surface area contributed by atoms with Gasteiger partial charge in [-0.3, -0.25) is 15.1 Å². The molecule has 0 saturated heterocycles. The summed E-state index contributed by atoms with van der Waals surface area (Å²) in [6.07, 6.45) is 0.899. The standard InChI is InChI=1S/C11H16N4OS3/c1-7(2)5-9-14-15-10(19-9)13-8(16)6-18-11-12-3-4-17-11/h7H,3-6H2,1-2H3,(H,13,15,16). The van der Waals surface area contributed by atoms with Gasteiger partial charge in [0.25, 0.3) is 0 Å². The normalized spacial score (nSPS) is 14.8. The highest BCUT2D eigenvalue weighted by atomic mass is 32.2. The summed E-state index contributed by atoms with van der Waals surface area (Å²) in [6.45, 7) is 5.14. The molecule has 0 saturated carbocycles. The van der Waals surface area contributed by atoms with Crippen molar-refractivity contribution in [2.24, 2.45) is 10.9 Å². The van der Waals surface area contributed by atoms with Crippen molar-refractivity contribution >= 4 is 50.3 Å². The number of carbonyl (C=O) groups excluding carboxylic acids is 1. The summed E-state index contributed by atoms with van der Waals surface area (Å²) >= 11 is 4.64. The average molecular weight is 316 g/mol. The molecule has 1 N–H and O–H groups in total. The number of amides is 1. The summed E-state index contributed by atoms with van der Waals surface area (Å²) in [7, 11) is 0. The van der Waals surface area contributed by atoms with Crippen molar-refractivity contribution in [1.82, 2.24) is 10.2 Å². The first-order chi connectivity index (χ1) is 9.13. The second-order valence-corrected chi connectivity index (χ2v) is 7.80. The quantitative estimate of drug-likeness (QED) is 0.904. The number of aliphatic imine (C=N–C) groups is 1. The molecule has 0 radical (unpaired) electrons. The zero-order valence-corrected chi connectivity index (χ0v) is 13.3. The molecule has 1 aliphatic heterocycles. The Labute approximate surface area is 125 Å². The van der Waals surface area contributed by atoms with Crippen LogP contribution in [0.4, 0.5) is 5.13 Å². The van der Waals surface area contributed by atoms with Gasteiger partial charge in [-0.15, -0.1) is 10.2 Å². The largest absolute Gasteiger partial charge is 0.300 e. The van der Waals surface area contributed by atoms with Gasteiger partial charge in [0.15, 0.2) is 0 Å². The Bertz CT molecular complexity index is 472. The van der Waals surface area contributed by atoms with Crippen molar-refractivity contribution in [1.29, 1.82) is 0 Å². The number of rotatable bonds is 5. The monoisotopic (exact) mass is 316 g/mol. The summed E-state index contributed by atoms with van der Waals surface area (Å²) in [5.41, 5.74) is 0. The predicted octanol–water partition coefficient (Wildman–Crippen LogP) is 2.51. The molecule has 19 heavy (non-hydrogen) atoms. The lowest BCUT2D eigenvalue weighted by Gasteiger charge is -2.00. The Morgan fingerprint density at radius 2 is 2.32 bits per heavy atom. The molecular weight excluding hydrogens is 300 g/mol. The van der Waals surface area contributed by atoms with Gasteiger partial charge in [-0.2, -0.15) is 0 Å². The summed E-state index contributed by atoms with van der Waals surface area (Å²) in [4.78, 5) is 16.0. The van der Waals surface area contributed by atoms with Crippen LogP contribution in [0.25, 0.3) is 0 Å². The third kappa shape index (κ3) is 5.12. The molecule has 0 spiro atoms. The molecule has 104 valence electrons. The van der Waals surface area contributed by atoms with Crippen LogP contribution in [0, 0.1) is 5.92 Å². The fourth-order valence-electron chi connectivity index (χ4n) is 1.42. The van der Waals surface area contributed by atoms with E-state index in [4.69, 9.17) is 0 Å². The van der Waals surface area contributed by atoms with Crippen molar-refractivity contribution < 1.29 is 4.79 Å². The molecule has 0 aliphatic carbocycles. The van der Waals surface area contributed by atoms with Crippen LogP contribution in [-0.4, -0.2) is 38.5 Å². The lowest BCUT2D eigenvalue weighted by Crippen LogP contribution is -2.14. The minimum atomic E-state index is -0.0487. The Morgan fingerprint density at radius 1 is 1.47 bits per heavy atom. The molecule has 1 aromatic rings. The third-order valence-corrected chi connectivity index (χ3v) is 5.29. The van der Waals surface area contributed by atoms with E-state index in [0.717, 1.165) is 28.1 Å². The van der Waals surface area contributed by atoms with E-state index in [0.29, 0.717) is 16.8 Å². The molecule has 2 heterocycles. The lowest BCUT2D eigenvalue weighted by molar-refractivity contribution is -0.113. The predicted molar refractivity (Wildman–Crippen MR) is 84.3 cm³/mol. The smallest absolute Gasteiger partial charge is 0.236 e. The van der Waals surface area contributed by atoms with Crippen LogP contribution in [-0.2, 0) is 11.2 Å². The maximum atomic E-state index is 11.7. The van der Waals surface area contributed by atoms with Crippen LogP contribution in [0.2, 0.25) is 0 Å². The van der Waals surface area contributed by atoms with E-state index in [9.17, 15) is 4.79 Å². The number of thioether (sulfide) groups is 2. The molecule has 0 fully saturated rings. The summed E-state index contributed by atoms with van der Waals surface area (Å²) in [5.74, 6) is 1.90. The first kappa shape index (κ1) is 14.8. The number of nitrogens with zero attached hydrogens (tertiary/aromatic N) is 3. The van der Waals surface area contributed by atoms with Gasteiger partial charge >= 0.3 is 0 Å². The lowest BCUT2D eigenvalue weighted by atomic mass is 10.1. The second-order valence-electron chi connectivity index (χ2n) is 4.43. The Kier molecular flexibility index (Phi) is 5.65. The van der Waals surface area contributed by atoms with E-state index in [-0.39, 0.29) is 5.91 Å². The summed E-state index contributed by atoms with van der Waals surface area (Å²) in [5, 5.41) is 12.4. The molecule has 2 rings (SSSR count). The fraction of sp³-hybridized carbons (Fsp3) is 0.636. The second kappa shape index (κ2) is 7.25. The van der Waals surface area contributed by atoms with E-state index < -0.39 is 0 Å². The number of anilines is 1. The highest BCUT2D eigenvalue weighted by Crippen LogP contribution is 2.23. The van der Waals surface area contributed by atoms with Crippen molar-refractivity contribution in [2.45, 2.75) is 20.3 Å². The van der Waals surface area contributed by atoms with Gasteiger partial charge < -0.3 is 0 Å². The van der Waals surface area contributed by atoms with Gasteiger partial charge in [0.1, 0.15) is 9.38 Å². The van der Waals surface area contributed by atoms with Crippen LogP contribution in [0.5, 0.6) is 0 Å². The molecule has 1 aliphatic rings. The average Bonchev–Trinajstić information content (AvgIpc) is 2.97. The minimum absolute atomic E-state index is 0.0487. The Balaban J connectivity index is 1.76. The number of hydrogen-bond donors (Lipinski definition) is 1. The van der Waals surface area contributed by atoms with E-state index in [1.165, 1.54) is 23.1 Å². The molecule has 1 aromatic heterocycles. The van der Waals surface area contributed by atoms with Crippen LogP contribution in [0.15, 0.2) is 4.99 Å². The van der Waals surface area contributed by atoms with Gasteiger partial charge in [0.2, 0.25) is 11.0 Å². The Morgan fingerprint density at radius 3 is 3.00 bits per heavy atom. The molecule has 5 nitrogen and oxygen atoms in total. The molecule has 1 amide bonds. The molecular formula is C11H16N4OS3. The SMILES string of the molecule is CC(C)Cc1nnc(NC(=O)CSC2=NCCS2)s1. The Hall–Kier alpha value is -0.600. The maximum Gasteiger partial charge on any atom is 0.236 e. The van der Waals surface area contributed by atoms with Crippen molar-refractivity contribution in [3.8, 4) is 0 Å². The third-order valence-electron chi connectivity index (χ3n) is 2.18. The summed E-state index contributed by atoms with van der Waals surface area (Å²) in [6, 6.07) is 0. The van der Waals surface area contributed by atoms with E-state index >= 15 is 0 Å². The number of nitrogens with one attached hydrogen (secondary N) is 1. The van der Waals surface area contributed by atoms with E-state index in [1.54, 1.807) is 11.8 Å². The van der Waals surface area contributed by atoms with Crippen LogP contribution in [0.1, 0.15) is 18.9 Å². The number of hydrogen-bond acceptors (Lipinski definition) is 7. The van der Waals surface area contributed by atoms with Gasteiger partial charge in [0.05, 0.1) is 12.3 Å². The highest BCUT2D eigenvalue weighted by molar-refractivity contribution is 8.39. The molecule has 0 atom stereocenters. The molecule has 0 bridgehead atoms.